The standard InChI is InChI=1S/C28H31F3N6O3/c1-15-11-21(16(2)36(40)14-15)20-7-8-23(33-26(20)31)34-28(39)25(24(17-3-4-17)18-5-6-18)35-27(38)22-9-10-32-37(22)19(12-29)13-30/h7-11,14,17-19,24-25H,3-6,12-13H2,1-2H3,(H,35,38)(H,33,34,39)/t25-/m0/s1. The van der Waals surface area contributed by atoms with Crippen LogP contribution in [0.2, 0.25) is 0 Å². The molecular weight excluding hydrogens is 525 g/mol. The normalized spacial score (nSPS) is 15.9. The van der Waals surface area contributed by atoms with Gasteiger partial charge < -0.3 is 15.8 Å². The van der Waals surface area contributed by atoms with Crippen LogP contribution in [0.15, 0.2) is 36.7 Å². The van der Waals surface area contributed by atoms with E-state index in [9.17, 15) is 23.6 Å². The summed E-state index contributed by atoms with van der Waals surface area (Å²) in [7, 11) is 0. The van der Waals surface area contributed by atoms with Crippen molar-refractivity contribution < 1.29 is 27.5 Å². The summed E-state index contributed by atoms with van der Waals surface area (Å²) in [5, 5.41) is 21.4. The van der Waals surface area contributed by atoms with E-state index >= 15 is 4.39 Å². The average Bonchev–Trinajstić information content (AvgIpc) is 3.86. The van der Waals surface area contributed by atoms with E-state index in [-0.39, 0.29) is 34.8 Å². The molecule has 0 bridgehead atoms. The van der Waals surface area contributed by atoms with E-state index in [1.54, 1.807) is 19.9 Å². The smallest absolute Gasteiger partial charge is 0.270 e. The molecule has 212 valence electrons. The summed E-state index contributed by atoms with van der Waals surface area (Å²) >= 11 is 0. The van der Waals surface area contributed by atoms with E-state index in [0.717, 1.165) is 30.4 Å². The summed E-state index contributed by atoms with van der Waals surface area (Å²) in [4.78, 5) is 30.8. The number of nitrogens with zero attached hydrogens (tertiary/aromatic N) is 4. The van der Waals surface area contributed by atoms with E-state index in [0.29, 0.717) is 21.6 Å². The molecule has 9 nitrogen and oxygen atoms in total. The van der Waals surface area contributed by atoms with Crippen LogP contribution in [0.4, 0.5) is 19.0 Å². The Balaban J connectivity index is 1.39. The monoisotopic (exact) mass is 556 g/mol. The second-order valence-electron chi connectivity index (χ2n) is 10.7. The maximum Gasteiger partial charge on any atom is 0.270 e. The number of carbonyl (C=O) groups is 2. The molecule has 0 aromatic carbocycles. The van der Waals surface area contributed by atoms with E-state index in [1.807, 2.05) is 0 Å². The first-order valence-electron chi connectivity index (χ1n) is 13.4. The molecule has 2 saturated carbocycles. The van der Waals surface area contributed by atoms with E-state index < -0.39 is 43.2 Å². The van der Waals surface area contributed by atoms with Gasteiger partial charge >= 0.3 is 0 Å². The number of hydrogen-bond donors (Lipinski definition) is 2. The minimum absolute atomic E-state index is 0.0453. The van der Waals surface area contributed by atoms with Gasteiger partial charge in [-0.1, -0.05) is 0 Å². The molecule has 3 aromatic rings. The Morgan fingerprint density at radius 1 is 1.10 bits per heavy atom. The van der Waals surface area contributed by atoms with Crippen LogP contribution in [0, 0.1) is 42.8 Å². The SMILES string of the molecule is Cc1cc(-c2ccc(NC(=O)[C@@H](NC(=O)c3ccnn3C(CF)CF)C(C3CC3)C3CC3)nc2F)c(C)[n+]([O-])c1. The first-order valence-corrected chi connectivity index (χ1v) is 13.4. The molecule has 1 atom stereocenters. The summed E-state index contributed by atoms with van der Waals surface area (Å²) in [6.45, 7) is 1.22. The largest absolute Gasteiger partial charge is 0.618 e. The van der Waals surface area contributed by atoms with Gasteiger partial charge in [-0.05, 0) is 74.6 Å². The number of amides is 2. The van der Waals surface area contributed by atoms with Crippen LogP contribution >= 0.6 is 0 Å². The van der Waals surface area contributed by atoms with Crippen molar-refractivity contribution in [3.8, 4) is 11.1 Å². The number of rotatable bonds is 11. The maximum absolute atomic E-state index is 15.1. The van der Waals surface area contributed by atoms with Crippen LogP contribution in [-0.4, -0.2) is 46.0 Å². The minimum atomic E-state index is -1.25. The lowest BCUT2D eigenvalue weighted by Crippen LogP contribution is -2.50. The van der Waals surface area contributed by atoms with Gasteiger partial charge in [0.1, 0.15) is 36.9 Å². The lowest BCUT2D eigenvalue weighted by Gasteiger charge is -2.27. The molecule has 0 saturated heterocycles. The predicted molar refractivity (Wildman–Crippen MR) is 140 cm³/mol. The van der Waals surface area contributed by atoms with Crippen molar-refractivity contribution in [2.45, 2.75) is 51.6 Å². The molecule has 3 heterocycles. The van der Waals surface area contributed by atoms with Gasteiger partial charge in [0.05, 0.1) is 5.56 Å². The Kier molecular flexibility index (Phi) is 7.77. The van der Waals surface area contributed by atoms with Crippen LogP contribution < -0.4 is 15.4 Å². The molecule has 2 aliphatic carbocycles. The zero-order valence-corrected chi connectivity index (χ0v) is 22.2. The second-order valence-corrected chi connectivity index (χ2v) is 10.7. The van der Waals surface area contributed by atoms with Gasteiger partial charge in [-0.15, -0.1) is 0 Å². The van der Waals surface area contributed by atoms with Gasteiger partial charge in [0, 0.05) is 24.2 Å². The van der Waals surface area contributed by atoms with Crippen molar-refractivity contribution in [1.29, 1.82) is 0 Å². The molecule has 2 aliphatic rings. The highest BCUT2D eigenvalue weighted by molar-refractivity contribution is 6.00. The Labute approximate surface area is 229 Å². The molecule has 2 fully saturated rings. The van der Waals surface area contributed by atoms with Crippen LogP contribution in [-0.2, 0) is 4.79 Å². The molecule has 3 aromatic heterocycles. The fourth-order valence-corrected chi connectivity index (χ4v) is 5.35. The Morgan fingerprint density at radius 3 is 2.38 bits per heavy atom. The van der Waals surface area contributed by atoms with E-state index in [2.05, 4.69) is 20.7 Å². The van der Waals surface area contributed by atoms with E-state index in [4.69, 9.17) is 0 Å². The Bertz CT molecular complexity index is 1410. The fourth-order valence-electron chi connectivity index (χ4n) is 5.35. The van der Waals surface area contributed by atoms with Crippen LogP contribution in [0.25, 0.3) is 11.1 Å². The highest BCUT2D eigenvalue weighted by atomic mass is 19.1. The topological polar surface area (TPSA) is 116 Å². The molecule has 0 unspecified atom stereocenters. The zero-order chi connectivity index (χ0) is 28.6. The third-order valence-corrected chi connectivity index (χ3v) is 7.70. The average molecular weight is 557 g/mol. The number of alkyl halides is 2. The van der Waals surface area contributed by atoms with Gasteiger partial charge in [-0.2, -0.15) is 14.2 Å². The minimum Gasteiger partial charge on any atom is -0.618 e. The number of aryl methyl sites for hydroxylation is 1. The summed E-state index contributed by atoms with van der Waals surface area (Å²) < 4.78 is 43.5. The van der Waals surface area contributed by atoms with Gasteiger partial charge in [0.25, 0.3) is 5.91 Å². The Morgan fingerprint density at radius 2 is 1.77 bits per heavy atom. The van der Waals surface area contributed by atoms with Gasteiger partial charge in [0.2, 0.25) is 11.9 Å². The number of pyridine rings is 2. The van der Waals surface area contributed by atoms with Crippen LogP contribution in [0.5, 0.6) is 0 Å². The van der Waals surface area contributed by atoms with Crippen LogP contribution in [0.1, 0.15) is 53.5 Å². The summed E-state index contributed by atoms with van der Waals surface area (Å²) in [6, 6.07) is 3.71. The molecule has 0 radical (unpaired) electrons. The molecule has 5 rings (SSSR count). The third kappa shape index (κ3) is 5.66. The zero-order valence-electron chi connectivity index (χ0n) is 22.2. The first-order chi connectivity index (χ1) is 19.2. The Hall–Kier alpha value is -3.96. The first kappa shape index (κ1) is 27.6. The van der Waals surface area contributed by atoms with Crippen molar-refractivity contribution in [3.05, 3.63) is 64.8 Å². The summed E-state index contributed by atoms with van der Waals surface area (Å²) in [5.74, 6) is -1.76. The summed E-state index contributed by atoms with van der Waals surface area (Å²) in [6.07, 6.45) is 6.40. The lowest BCUT2D eigenvalue weighted by molar-refractivity contribution is -0.612. The third-order valence-electron chi connectivity index (χ3n) is 7.70. The highest BCUT2D eigenvalue weighted by Crippen LogP contribution is 2.51. The van der Waals surface area contributed by atoms with Crippen molar-refractivity contribution >= 4 is 17.6 Å². The molecule has 40 heavy (non-hydrogen) atoms. The number of halogens is 3. The second kappa shape index (κ2) is 11.3. The quantitative estimate of drug-likeness (QED) is 0.211. The molecule has 12 heteroatoms. The predicted octanol–water partition coefficient (Wildman–Crippen LogP) is 3.99. The van der Waals surface area contributed by atoms with Crippen molar-refractivity contribution in [2.75, 3.05) is 18.7 Å². The lowest BCUT2D eigenvalue weighted by atomic mass is 9.88. The maximum atomic E-state index is 15.1. The number of nitrogens with one attached hydrogen (secondary N) is 2. The molecule has 2 N–H and O–H groups in total. The number of anilines is 1. The fraction of sp³-hybridized carbons (Fsp3) is 0.464. The van der Waals surface area contributed by atoms with Crippen LogP contribution in [0.3, 0.4) is 0 Å². The van der Waals surface area contributed by atoms with Crippen molar-refractivity contribution in [2.24, 2.45) is 17.8 Å². The molecular formula is C28H31F3N6O3. The molecule has 0 spiro atoms. The van der Waals surface area contributed by atoms with Crippen molar-refractivity contribution in [1.82, 2.24) is 20.1 Å². The number of aromatic nitrogens is 4. The van der Waals surface area contributed by atoms with E-state index in [1.165, 1.54) is 30.6 Å². The van der Waals surface area contributed by atoms with Crippen molar-refractivity contribution in [3.63, 3.8) is 0 Å². The number of carbonyl (C=O) groups excluding carboxylic acids is 2. The molecule has 0 aliphatic heterocycles. The highest BCUT2D eigenvalue weighted by Gasteiger charge is 2.48. The molecule has 2 amide bonds. The van der Waals surface area contributed by atoms with Gasteiger partial charge in [-0.3, -0.25) is 14.3 Å². The van der Waals surface area contributed by atoms with Gasteiger partial charge in [0.15, 0.2) is 11.9 Å². The summed E-state index contributed by atoms with van der Waals surface area (Å²) in [5.41, 5.74) is 1.42. The number of hydrogen-bond acceptors (Lipinski definition) is 5. The van der Waals surface area contributed by atoms with Gasteiger partial charge in [-0.25, -0.2) is 13.8 Å².